The summed E-state index contributed by atoms with van der Waals surface area (Å²) in [5.41, 5.74) is 1.63. The van der Waals surface area contributed by atoms with Crippen molar-refractivity contribution in [2.75, 3.05) is 19.0 Å². The van der Waals surface area contributed by atoms with Gasteiger partial charge < -0.3 is 15.2 Å². The van der Waals surface area contributed by atoms with Gasteiger partial charge in [0, 0.05) is 18.2 Å². The monoisotopic (exact) mass is 325 g/mol. The topological polar surface area (TPSA) is 41.5 Å². The summed E-state index contributed by atoms with van der Waals surface area (Å²) in [7, 11) is 1.68. The molecule has 2 N–H and O–H groups in total. The van der Waals surface area contributed by atoms with Gasteiger partial charge in [-0.2, -0.15) is 0 Å². The number of benzene rings is 2. The van der Waals surface area contributed by atoms with Crippen LogP contribution in [0.25, 0.3) is 0 Å². The summed E-state index contributed by atoms with van der Waals surface area (Å²) in [6, 6.07) is 18.3. The molecule has 1 fully saturated rings. The van der Waals surface area contributed by atoms with Crippen LogP contribution in [0.5, 0.6) is 5.75 Å². The molecule has 1 saturated carbocycles. The minimum atomic E-state index is -0.630. The number of rotatable bonds is 6. The van der Waals surface area contributed by atoms with Crippen LogP contribution in [-0.4, -0.2) is 24.4 Å². The Hall–Kier alpha value is -2.00. The predicted molar refractivity (Wildman–Crippen MR) is 98.7 cm³/mol. The molecular weight excluding hydrogens is 298 g/mol. The van der Waals surface area contributed by atoms with Crippen molar-refractivity contribution in [2.24, 2.45) is 0 Å². The largest absolute Gasteiger partial charge is 0.497 e. The van der Waals surface area contributed by atoms with Crippen molar-refractivity contribution in [3.05, 3.63) is 60.2 Å². The lowest BCUT2D eigenvalue weighted by Crippen LogP contribution is -2.41. The Kier molecular flexibility index (Phi) is 5.41. The molecule has 1 aliphatic rings. The Morgan fingerprint density at radius 2 is 1.67 bits per heavy atom. The molecule has 1 atom stereocenters. The van der Waals surface area contributed by atoms with E-state index in [4.69, 9.17) is 4.74 Å². The summed E-state index contributed by atoms with van der Waals surface area (Å²) in [4.78, 5) is 0. The highest BCUT2D eigenvalue weighted by Gasteiger charge is 2.38. The second-order valence-corrected chi connectivity index (χ2v) is 6.74. The molecular formula is C21H27NO2. The van der Waals surface area contributed by atoms with Gasteiger partial charge in [-0.3, -0.25) is 0 Å². The van der Waals surface area contributed by atoms with Gasteiger partial charge in [-0.05, 0) is 42.7 Å². The maximum absolute atomic E-state index is 11.3. The fourth-order valence-electron chi connectivity index (χ4n) is 3.74. The number of aliphatic hydroxyl groups is 1. The van der Waals surface area contributed by atoms with Crippen LogP contribution in [0, 0.1) is 0 Å². The fraction of sp³-hybridized carbons (Fsp3) is 0.429. The SMILES string of the molecule is COc1ccc(C(CNc2ccccc2)C2(O)CCCCC2)cc1. The van der Waals surface area contributed by atoms with Crippen molar-refractivity contribution in [1.29, 1.82) is 0 Å². The zero-order valence-corrected chi connectivity index (χ0v) is 14.4. The second kappa shape index (κ2) is 7.71. The van der Waals surface area contributed by atoms with Crippen LogP contribution in [0.1, 0.15) is 43.6 Å². The first-order valence-corrected chi connectivity index (χ1v) is 8.86. The summed E-state index contributed by atoms with van der Waals surface area (Å²) in [5.74, 6) is 0.924. The molecule has 0 saturated heterocycles. The van der Waals surface area contributed by atoms with Gasteiger partial charge in [0.1, 0.15) is 5.75 Å². The maximum atomic E-state index is 11.3. The Labute approximate surface area is 144 Å². The number of nitrogens with one attached hydrogen (secondary N) is 1. The van der Waals surface area contributed by atoms with E-state index < -0.39 is 5.60 Å². The molecule has 128 valence electrons. The summed E-state index contributed by atoms with van der Waals surface area (Å²) < 4.78 is 5.27. The molecule has 1 unspecified atom stereocenters. The van der Waals surface area contributed by atoms with Crippen molar-refractivity contribution in [1.82, 2.24) is 0 Å². The van der Waals surface area contributed by atoms with Crippen molar-refractivity contribution in [3.8, 4) is 5.75 Å². The first-order valence-electron chi connectivity index (χ1n) is 8.86. The van der Waals surface area contributed by atoms with Gasteiger partial charge in [0.2, 0.25) is 0 Å². The Morgan fingerprint density at radius 3 is 2.29 bits per heavy atom. The average molecular weight is 325 g/mol. The van der Waals surface area contributed by atoms with Crippen LogP contribution in [0.4, 0.5) is 5.69 Å². The number of para-hydroxylation sites is 1. The minimum absolute atomic E-state index is 0.0731. The fourth-order valence-corrected chi connectivity index (χ4v) is 3.74. The quantitative estimate of drug-likeness (QED) is 0.816. The van der Waals surface area contributed by atoms with E-state index in [2.05, 4.69) is 29.6 Å². The molecule has 3 rings (SSSR count). The molecule has 24 heavy (non-hydrogen) atoms. The van der Waals surface area contributed by atoms with Gasteiger partial charge >= 0.3 is 0 Å². The van der Waals surface area contributed by atoms with E-state index in [9.17, 15) is 5.11 Å². The van der Waals surface area contributed by atoms with E-state index in [1.807, 2.05) is 30.3 Å². The third-order valence-corrected chi connectivity index (χ3v) is 5.17. The molecule has 3 nitrogen and oxygen atoms in total. The number of hydrogen-bond acceptors (Lipinski definition) is 3. The Balaban J connectivity index is 1.82. The first kappa shape index (κ1) is 16.8. The van der Waals surface area contributed by atoms with Crippen LogP contribution in [-0.2, 0) is 0 Å². The Morgan fingerprint density at radius 1 is 1.00 bits per heavy atom. The van der Waals surface area contributed by atoms with Crippen molar-refractivity contribution < 1.29 is 9.84 Å². The van der Waals surface area contributed by atoms with Gasteiger partial charge in [0.05, 0.1) is 12.7 Å². The van der Waals surface area contributed by atoms with Gasteiger partial charge in [0.25, 0.3) is 0 Å². The van der Waals surface area contributed by atoms with Gasteiger partial charge in [-0.1, -0.05) is 49.6 Å². The normalized spacial score (nSPS) is 17.9. The zero-order valence-electron chi connectivity index (χ0n) is 14.4. The van der Waals surface area contributed by atoms with E-state index in [1.165, 1.54) is 12.0 Å². The number of methoxy groups -OCH3 is 1. The molecule has 0 aliphatic heterocycles. The lowest BCUT2D eigenvalue weighted by Gasteiger charge is -2.40. The van der Waals surface area contributed by atoms with Crippen LogP contribution < -0.4 is 10.1 Å². The van der Waals surface area contributed by atoms with E-state index in [1.54, 1.807) is 7.11 Å². The van der Waals surface area contributed by atoms with E-state index >= 15 is 0 Å². The zero-order chi connectivity index (χ0) is 16.8. The molecule has 3 heteroatoms. The van der Waals surface area contributed by atoms with Gasteiger partial charge in [-0.25, -0.2) is 0 Å². The number of hydrogen-bond donors (Lipinski definition) is 2. The third kappa shape index (κ3) is 3.90. The van der Waals surface area contributed by atoms with Crippen molar-refractivity contribution in [2.45, 2.75) is 43.6 Å². The molecule has 0 spiro atoms. The highest BCUT2D eigenvalue weighted by Crippen LogP contribution is 2.40. The molecule has 0 amide bonds. The molecule has 0 radical (unpaired) electrons. The molecule has 2 aromatic carbocycles. The van der Waals surface area contributed by atoms with E-state index in [0.717, 1.165) is 43.7 Å². The number of anilines is 1. The van der Waals surface area contributed by atoms with Gasteiger partial charge in [0.15, 0.2) is 0 Å². The molecule has 0 aromatic heterocycles. The van der Waals surface area contributed by atoms with Crippen LogP contribution >= 0.6 is 0 Å². The highest BCUT2D eigenvalue weighted by atomic mass is 16.5. The van der Waals surface area contributed by atoms with Crippen molar-refractivity contribution >= 4 is 5.69 Å². The summed E-state index contributed by atoms with van der Waals surface area (Å²) in [6.07, 6.45) is 5.19. The molecule has 0 bridgehead atoms. The third-order valence-electron chi connectivity index (χ3n) is 5.17. The van der Waals surface area contributed by atoms with Crippen LogP contribution in [0.2, 0.25) is 0 Å². The maximum Gasteiger partial charge on any atom is 0.118 e. The molecule has 2 aromatic rings. The second-order valence-electron chi connectivity index (χ2n) is 6.74. The lowest BCUT2D eigenvalue weighted by atomic mass is 9.72. The van der Waals surface area contributed by atoms with E-state index in [0.29, 0.717) is 0 Å². The average Bonchev–Trinajstić information content (AvgIpc) is 2.64. The minimum Gasteiger partial charge on any atom is -0.497 e. The van der Waals surface area contributed by atoms with Crippen LogP contribution in [0.3, 0.4) is 0 Å². The predicted octanol–water partition coefficient (Wildman–Crippen LogP) is 4.59. The standard InChI is InChI=1S/C21H27NO2/c1-24-19-12-10-17(11-13-19)20(21(23)14-6-3-7-15-21)16-22-18-8-4-2-5-9-18/h2,4-5,8-13,20,22-23H,3,6-7,14-16H2,1H3. The lowest BCUT2D eigenvalue weighted by molar-refractivity contribution is -0.0183. The smallest absolute Gasteiger partial charge is 0.118 e. The summed E-state index contributed by atoms with van der Waals surface area (Å²) in [5, 5.41) is 14.8. The molecule has 0 heterocycles. The van der Waals surface area contributed by atoms with Crippen LogP contribution in [0.15, 0.2) is 54.6 Å². The van der Waals surface area contributed by atoms with Crippen molar-refractivity contribution in [3.63, 3.8) is 0 Å². The van der Waals surface area contributed by atoms with Gasteiger partial charge in [-0.15, -0.1) is 0 Å². The summed E-state index contributed by atoms with van der Waals surface area (Å²) >= 11 is 0. The highest BCUT2D eigenvalue weighted by molar-refractivity contribution is 5.43. The Bertz CT molecular complexity index is 618. The van der Waals surface area contributed by atoms with E-state index in [-0.39, 0.29) is 5.92 Å². The summed E-state index contributed by atoms with van der Waals surface area (Å²) in [6.45, 7) is 0.729. The first-order chi connectivity index (χ1) is 11.7. The number of ether oxygens (including phenoxy) is 1. The molecule has 1 aliphatic carbocycles.